The van der Waals surface area contributed by atoms with Crippen LogP contribution in [0.5, 0.6) is 0 Å². The fourth-order valence-electron chi connectivity index (χ4n) is 1.31. The summed E-state index contributed by atoms with van der Waals surface area (Å²) in [6.45, 7) is 1.74. The average molecular weight is 238 g/mol. The van der Waals surface area contributed by atoms with Gasteiger partial charge in [-0.15, -0.1) is 0 Å². The van der Waals surface area contributed by atoms with Gasteiger partial charge in [0.1, 0.15) is 0 Å². The highest BCUT2D eigenvalue weighted by Crippen LogP contribution is 1.97. The minimum Gasteiger partial charge on any atom is -0.396 e. The average Bonchev–Trinajstić information content (AvgIpc) is 2.31. The fourth-order valence-corrected chi connectivity index (χ4v) is 1.51. The zero-order chi connectivity index (χ0) is 11.6. The topological polar surface area (TPSA) is 44.3 Å². The van der Waals surface area contributed by atoms with Gasteiger partial charge >= 0.3 is 0 Å². The summed E-state index contributed by atoms with van der Waals surface area (Å²) in [6.07, 6.45) is 1.68. The summed E-state index contributed by atoms with van der Waals surface area (Å²) in [4.78, 5) is 0. The molecule has 88 valence electrons. The normalized spacial score (nSPS) is 9.81. The summed E-state index contributed by atoms with van der Waals surface area (Å²) in [5, 5.41) is 15.4. The Morgan fingerprint density at radius 2 is 1.81 bits per heavy atom. The quantitative estimate of drug-likeness (QED) is 0.512. The van der Waals surface area contributed by atoms with Crippen LogP contribution in [0.25, 0.3) is 0 Å². The molecule has 0 spiro atoms. The first-order chi connectivity index (χ1) is 7.83. The van der Waals surface area contributed by atoms with Crippen molar-refractivity contribution in [3.05, 3.63) is 35.9 Å². The fraction of sp³-hybridized carbons (Fsp3) is 0.417. The number of nitrogens with one attached hydrogen (secondary N) is 2. The summed E-state index contributed by atoms with van der Waals surface area (Å²) < 4.78 is 0. The molecule has 1 aromatic carbocycles. The molecular formula is C12H18N2OS. The van der Waals surface area contributed by atoms with Crippen molar-refractivity contribution in [2.45, 2.75) is 12.8 Å². The second kappa shape index (κ2) is 8.07. The molecule has 0 unspecified atom stereocenters. The molecule has 0 aliphatic heterocycles. The summed E-state index contributed by atoms with van der Waals surface area (Å²) in [5.74, 6) is 0. The second-order valence-electron chi connectivity index (χ2n) is 3.50. The van der Waals surface area contributed by atoms with Gasteiger partial charge < -0.3 is 15.7 Å². The van der Waals surface area contributed by atoms with Crippen LogP contribution in [-0.2, 0) is 6.42 Å². The molecule has 0 saturated carbocycles. The molecule has 0 saturated heterocycles. The van der Waals surface area contributed by atoms with E-state index in [1.54, 1.807) is 0 Å². The Hall–Kier alpha value is -1.13. The standard InChI is InChI=1S/C12H18N2OS/c15-10-4-8-13-12(16)14-9-7-11-5-2-1-3-6-11/h1-3,5-6,15H,4,7-10H2,(H2,13,14,16). The van der Waals surface area contributed by atoms with Gasteiger partial charge in [0, 0.05) is 19.7 Å². The molecule has 1 rings (SSSR count). The highest BCUT2D eigenvalue weighted by atomic mass is 32.1. The number of aliphatic hydroxyl groups excluding tert-OH is 1. The van der Waals surface area contributed by atoms with Gasteiger partial charge in [0.25, 0.3) is 0 Å². The lowest BCUT2D eigenvalue weighted by atomic mass is 10.1. The van der Waals surface area contributed by atoms with Crippen LogP contribution < -0.4 is 10.6 Å². The van der Waals surface area contributed by atoms with Crippen LogP contribution in [0.1, 0.15) is 12.0 Å². The van der Waals surface area contributed by atoms with E-state index in [4.69, 9.17) is 17.3 Å². The SMILES string of the molecule is OCCCNC(=S)NCCc1ccccc1. The zero-order valence-corrected chi connectivity index (χ0v) is 10.1. The van der Waals surface area contributed by atoms with E-state index in [1.165, 1.54) is 5.56 Å². The lowest BCUT2D eigenvalue weighted by Gasteiger charge is -2.09. The number of thiocarbonyl (C=S) groups is 1. The van der Waals surface area contributed by atoms with E-state index in [2.05, 4.69) is 22.8 Å². The Bertz CT molecular complexity index is 303. The molecule has 1 aromatic rings. The van der Waals surface area contributed by atoms with E-state index in [0.717, 1.165) is 19.4 Å². The van der Waals surface area contributed by atoms with Gasteiger partial charge in [-0.25, -0.2) is 0 Å². The molecule has 0 radical (unpaired) electrons. The van der Waals surface area contributed by atoms with Crippen LogP contribution in [0.4, 0.5) is 0 Å². The molecule has 0 atom stereocenters. The number of hydrogen-bond acceptors (Lipinski definition) is 2. The largest absolute Gasteiger partial charge is 0.396 e. The van der Waals surface area contributed by atoms with E-state index in [-0.39, 0.29) is 6.61 Å². The molecule has 0 fully saturated rings. The van der Waals surface area contributed by atoms with Crippen molar-refractivity contribution in [1.29, 1.82) is 0 Å². The van der Waals surface area contributed by atoms with Crippen LogP contribution in [0, 0.1) is 0 Å². The van der Waals surface area contributed by atoms with Gasteiger partial charge in [-0.2, -0.15) is 0 Å². The highest BCUT2D eigenvalue weighted by molar-refractivity contribution is 7.80. The number of aliphatic hydroxyl groups is 1. The molecular weight excluding hydrogens is 220 g/mol. The predicted molar refractivity (Wildman–Crippen MR) is 70.5 cm³/mol. The van der Waals surface area contributed by atoms with Crippen molar-refractivity contribution in [3.8, 4) is 0 Å². The van der Waals surface area contributed by atoms with E-state index >= 15 is 0 Å². The number of rotatable bonds is 6. The maximum atomic E-state index is 8.60. The molecule has 3 nitrogen and oxygen atoms in total. The summed E-state index contributed by atoms with van der Waals surface area (Å²) in [7, 11) is 0. The Morgan fingerprint density at radius 1 is 1.12 bits per heavy atom. The first kappa shape index (κ1) is 12.9. The van der Waals surface area contributed by atoms with Gasteiger partial charge in [-0.1, -0.05) is 30.3 Å². The Labute approximate surface area is 102 Å². The maximum Gasteiger partial charge on any atom is 0.166 e. The summed E-state index contributed by atoms with van der Waals surface area (Å²) in [5.41, 5.74) is 1.30. The molecule has 0 amide bonds. The van der Waals surface area contributed by atoms with Crippen molar-refractivity contribution < 1.29 is 5.11 Å². The monoisotopic (exact) mass is 238 g/mol. The zero-order valence-electron chi connectivity index (χ0n) is 9.28. The third-order valence-corrected chi connectivity index (χ3v) is 2.45. The summed E-state index contributed by atoms with van der Waals surface area (Å²) >= 11 is 5.08. The van der Waals surface area contributed by atoms with Crippen LogP contribution in [0.2, 0.25) is 0 Å². The highest BCUT2D eigenvalue weighted by Gasteiger charge is 1.95. The first-order valence-corrected chi connectivity index (χ1v) is 5.90. The predicted octanol–water partition coefficient (Wildman–Crippen LogP) is 1.08. The van der Waals surface area contributed by atoms with Gasteiger partial charge in [0.05, 0.1) is 0 Å². The molecule has 0 aliphatic rings. The third kappa shape index (κ3) is 5.68. The maximum absolute atomic E-state index is 8.60. The molecule has 4 heteroatoms. The minimum absolute atomic E-state index is 0.194. The smallest absolute Gasteiger partial charge is 0.166 e. The lowest BCUT2D eigenvalue weighted by molar-refractivity contribution is 0.289. The number of benzene rings is 1. The molecule has 0 aliphatic carbocycles. The molecule has 0 bridgehead atoms. The van der Waals surface area contributed by atoms with E-state index in [0.29, 0.717) is 11.7 Å². The number of hydrogen-bond donors (Lipinski definition) is 3. The molecule has 3 N–H and O–H groups in total. The van der Waals surface area contributed by atoms with Gasteiger partial charge in [-0.3, -0.25) is 0 Å². The third-order valence-electron chi connectivity index (χ3n) is 2.16. The van der Waals surface area contributed by atoms with Crippen molar-refractivity contribution >= 4 is 17.3 Å². The van der Waals surface area contributed by atoms with Gasteiger partial charge in [0.2, 0.25) is 0 Å². The van der Waals surface area contributed by atoms with E-state index in [1.807, 2.05) is 18.2 Å². The van der Waals surface area contributed by atoms with Crippen molar-refractivity contribution in [3.63, 3.8) is 0 Å². The molecule has 16 heavy (non-hydrogen) atoms. The Kier molecular flexibility index (Phi) is 6.53. The Morgan fingerprint density at radius 3 is 2.50 bits per heavy atom. The van der Waals surface area contributed by atoms with Gasteiger partial charge in [-0.05, 0) is 30.6 Å². The second-order valence-corrected chi connectivity index (χ2v) is 3.90. The molecule has 0 heterocycles. The Balaban J connectivity index is 2.09. The van der Waals surface area contributed by atoms with E-state index in [9.17, 15) is 0 Å². The van der Waals surface area contributed by atoms with Crippen LogP contribution in [0.3, 0.4) is 0 Å². The minimum atomic E-state index is 0.194. The van der Waals surface area contributed by atoms with Crippen molar-refractivity contribution in [2.24, 2.45) is 0 Å². The first-order valence-electron chi connectivity index (χ1n) is 5.49. The van der Waals surface area contributed by atoms with Gasteiger partial charge in [0.15, 0.2) is 5.11 Å². The van der Waals surface area contributed by atoms with E-state index < -0.39 is 0 Å². The van der Waals surface area contributed by atoms with Crippen LogP contribution >= 0.6 is 12.2 Å². The lowest BCUT2D eigenvalue weighted by Crippen LogP contribution is -2.37. The van der Waals surface area contributed by atoms with Crippen molar-refractivity contribution in [2.75, 3.05) is 19.7 Å². The van der Waals surface area contributed by atoms with Crippen molar-refractivity contribution in [1.82, 2.24) is 10.6 Å². The van der Waals surface area contributed by atoms with Crippen LogP contribution in [-0.4, -0.2) is 29.9 Å². The molecule has 0 aromatic heterocycles. The summed E-state index contributed by atoms with van der Waals surface area (Å²) in [6, 6.07) is 10.3. The van der Waals surface area contributed by atoms with Crippen LogP contribution in [0.15, 0.2) is 30.3 Å².